The molecule has 0 fully saturated rings. The number of carbonyl (C=O) groups is 2. The molecular weight excluding hydrogens is 437 g/mol. The molecule has 0 aliphatic carbocycles. The minimum atomic E-state index is -0.952. The Hall–Kier alpha value is -2.80. The number of carbonyl (C=O) groups excluding carboxylic acids is 2. The van der Waals surface area contributed by atoms with Crippen LogP contribution in [0.5, 0.6) is 0 Å². The van der Waals surface area contributed by atoms with Crippen LogP contribution in [0.1, 0.15) is 10.5 Å². The van der Waals surface area contributed by atoms with Crippen molar-refractivity contribution in [2.24, 2.45) is 0 Å². The number of nitrogens with two attached hydrogens (primary N) is 1. The molecule has 0 atom stereocenters. The minimum absolute atomic E-state index is 0.0662. The molecule has 3 rings (SSSR count). The highest BCUT2D eigenvalue weighted by Crippen LogP contribution is 2.34. The Bertz CT molecular complexity index is 1080. The second kappa shape index (κ2) is 9.13. The molecule has 9 heteroatoms. The van der Waals surface area contributed by atoms with E-state index in [1.54, 1.807) is 12.1 Å². The second-order valence-corrected chi connectivity index (χ2v) is 6.94. The molecule has 0 saturated carbocycles. The van der Waals surface area contributed by atoms with Gasteiger partial charge in [-0.2, -0.15) is 0 Å². The van der Waals surface area contributed by atoms with Crippen LogP contribution in [0.3, 0.4) is 0 Å². The topological polar surface area (TPSA) is 94.3 Å². The highest BCUT2D eigenvalue weighted by Gasteiger charge is 2.22. The maximum Gasteiger partial charge on any atom is 0.359 e. The van der Waals surface area contributed by atoms with Gasteiger partial charge in [0, 0.05) is 11.3 Å². The average molecular weight is 451 g/mol. The number of nitrogens with one attached hydrogen (secondary N) is 1. The lowest BCUT2D eigenvalue weighted by atomic mass is 10.0. The average Bonchev–Trinajstić information content (AvgIpc) is 2.74. The number of hydrogen-bond acceptors (Lipinski definition) is 5. The molecule has 1 amide bonds. The van der Waals surface area contributed by atoms with Gasteiger partial charge in [0.05, 0.1) is 10.7 Å². The van der Waals surface area contributed by atoms with Gasteiger partial charge >= 0.3 is 5.97 Å². The Morgan fingerprint density at radius 2 is 1.62 bits per heavy atom. The number of anilines is 2. The lowest BCUT2D eigenvalue weighted by Gasteiger charge is -2.12. The predicted molar refractivity (Wildman–Crippen MR) is 114 cm³/mol. The summed E-state index contributed by atoms with van der Waals surface area (Å²) in [5.41, 5.74) is 7.60. The van der Waals surface area contributed by atoms with Crippen molar-refractivity contribution in [3.05, 3.63) is 75.5 Å². The fourth-order valence-corrected chi connectivity index (χ4v) is 3.10. The largest absolute Gasteiger partial charge is 0.451 e. The fraction of sp³-hybridized carbons (Fsp3) is 0.0500. The van der Waals surface area contributed by atoms with Gasteiger partial charge in [-0.3, -0.25) is 4.79 Å². The number of nitrogens with zero attached hydrogens (tertiary/aromatic N) is 1. The number of hydrogen-bond donors (Lipinski definition) is 2. The Kier molecular flexibility index (Phi) is 6.59. The Morgan fingerprint density at radius 3 is 2.34 bits per heavy atom. The maximum atomic E-state index is 12.3. The summed E-state index contributed by atoms with van der Waals surface area (Å²) >= 11 is 17.6. The SMILES string of the molecule is Nc1c(Cl)c(Cl)nc(C(=O)OCC(=O)Nc2ccccc2-c2ccccc2)c1Cl. The molecule has 0 spiro atoms. The molecule has 0 aliphatic rings. The molecule has 0 bridgehead atoms. The molecule has 3 N–H and O–H groups in total. The summed E-state index contributed by atoms with van der Waals surface area (Å²) < 4.78 is 4.98. The number of pyridine rings is 1. The number of benzene rings is 2. The van der Waals surface area contributed by atoms with Crippen LogP contribution >= 0.6 is 34.8 Å². The lowest BCUT2D eigenvalue weighted by Crippen LogP contribution is -2.22. The summed E-state index contributed by atoms with van der Waals surface area (Å²) in [4.78, 5) is 28.3. The molecule has 1 aromatic heterocycles. The van der Waals surface area contributed by atoms with E-state index in [-0.39, 0.29) is 26.6 Å². The first-order valence-electron chi connectivity index (χ1n) is 8.30. The third-order valence-electron chi connectivity index (χ3n) is 3.89. The number of ether oxygens (including phenoxy) is 1. The minimum Gasteiger partial charge on any atom is -0.451 e. The van der Waals surface area contributed by atoms with Crippen LogP contribution in [0, 0.1) is 0 Å². The number of amides is 1. The molecule has 6 nitrogen and oxygen atoms in total. The van der Waals surface area contributed by atoms with Crippen LogP contribution in [0.25, 0.3) is 11.1 Å². The van der Waals surface area contributed by atoms with Gasteiger partial charge in [0.2, 0.25) is 0 Å². The number of para-hydroxylation sites is 1. The summed E-state index contributed by atoms with van der Waals surface area (Å²) in [6.45, 7) is -0.555. The quantitative estimate of drug-likeness (QED) is 0.417. The fourth-order valence-electron chi connectivity index (χ4n) is 2.51. The number of esters is 1. The van der Waals surface area contributed by atoms with Crippen LogP contribution in [0.2, 0.25) is 15.2 Å². The Labute approximate surface area is 181 Å². The maximum absolute atomic E-state index is 12.3. The van der Waals surface area contributed by atoms with Crippen molar-refractivity contribution in [3.63, 3.8) is 0 Å². The number of aromatic nitrogens is 1. The van der Waals surface area contributed by atoms with Gasteiger partial charge in [-0.1, -0.05) is 83.3 Å². The van der Waals surface area contributed by atoms with Crippen molar-refractivity contribution in [1.82, 2.24) is 4.98 Å². The van der Waals surface area contributed by atoms with Crippen LogP contribution in [0.4, 0.5) is 11.4 Å². The first-order valence-corrected chi connectivity index (χ1v) is 9.43. The van der Waals surface area contributed by atoms with Crippen LogP contribution < -0.4 is 11.1 Å². The van der Waals surface area contributed by atoms with E-state index in [0.29, 0.717) is 5.69 Å². The van der Waals surface area contributed by atoms with Crippen molar-refractivity contribution in [2.75, 3.05) is 17.7 Å². The first kappa shape index (κ1) is 20.9. The highest BCUT2D eigenvalue weighted by atomic mass is 35.5. The molecule has 29 heavy (non-hydrogen) atoms. The van der Waals surface area contributed by atoms with Gasteiger partial charge in [-0.05, 0) is 11.6 Å². The van der Waals surface area contributed by atoms with E-state index in [0.717, 1.165) is 11.1 Å². The summed E-state index contributed by atoms with van der Waals surface area (Å²) in [5.74, 6) is -1.49. The van der Waals surface area contributed by atoms with Gasteiger partial charge in [-0.15, -0.1) is 0 Å². The van der Waals surface area contributed by atoms with Crippen molar-refractivity contribution >= 4 is 58.1 Å². The molecular formula is C20H14Cl3N3O3. The third kappa shape index (κ3) is 4.79. The van der Waals surface area contributed by atoms with Crippen LogP contribution in [0.15, 0.2) is 54.6 Å². The molecule has 0 saturated heterocycles. The summed E-state index contributed by atoms with van der Waals surface area (Å²) in [6, 6.07) is 16.8. The van der Waals surface area contributed by atoms with E-state index in [4.69, 9.17) is 45.3 Å². The zero-order chi connectivity index (χ0) is 21.0. The molecule has 0 unspecified atom stereocenters. The summed E-state index contributed by atoms with van der Waals surface area (Å²) in [5, 5.41) is 2.27. The number of nitrogen functional groups attached to an aromatic ring is 1. The number of rotatable bonds is 5. The van der Waals surface area contributed by atoms with Crippen molar-refractivity contribution in [2.45, 2.75) is 0 Å². The van der Waals surface area contributed by atoms with Gasteiger partial charge in [0.15, 0.2) is 17.5 Å². The molecule has 2 aromatic carbocycles. The Morgan fingerprint density at radius 1 is 0.966 bits per heavy atom. The van der Waals surface area contributed by atoms with Gasteiger partial charge < -0.3 is 15.8 Å². The lowest BCUT2D eigenvalue weighted by molar-refractivity contribution is -0.119. The summed E-state index contributed by atoms with van der Waals surface area (Å²) in [6.07, 6.45) is 0. The van der Waals surface area contributed by atoms with E-state index in [9.17, 15) is 9.59 Å². The molecule has 0 aliphatic heterocycles. The molecule has 3 aromatic rings. The van der Waals surface area contributed by atoms with Gasteiger partial charge in [0.25, 0.3) is 5.91 Å². The van der Waals surface area contributed by atoms with Crippen molar-refractivity contribution < 1.29 is 14.3 Å². The molecule has 1 heterocycles. The standard InChI is InChI=1S/C20H14Cl3N3O3/c21-15-17(24)16(22)19(23)26-18(15)20(28)29-10-14(27)25-13-9-5-4-8-12(13)11-6-2-1-3-7-11/h1-9H,10H2,(H2,24,26)(H,25,27). The van der Waals surface area contributed by atoms with E-state index in [1.165, 1.54) is 0 Å². The van der Waals surface area contributed by atoms with E-state index < -0.39 is 18.5 Å². The highest BCUT2D eigenvalue weighted by molar-refractivity contribution is 6.46. The van der Waals surface area contributed by atoms with E-state index in [1.807, 2.05) is 42.5 Å². The predicted octanol–water partition coefficient (Wildman–Crippen LogP) is 5.09. The van der Waals surface area contributed by atoms with E-state index >= 15 is 0 Å². The van der Waals surface area contributed by atoms with Crippen LogP contribution in [-0.2, 0) is 9.53 Å². The smallest absolute Gasteiger partial charge is 0.359 e. The third-order valence-corrected chi connectivity index (χ3v) is 5.02. The van der Waals surface area contributed by atoms with Gasteiger partial charge in [-0.25, -0.2) is 9.78 Å². The molecule has 148 valence electrons. The van der Waals surface area contributed by atoms with Crippen molar-refractivity contribution in [1.29, 1.82) is 0 Å². The zero-order valence-corrected chi connectivity index (χ0v) is 17.1. The van der Waals surface area contributed by atoms with Crippen LogP contribution in [-0.4, -0.2) is 23.5 Å². The first-order chi connectivity index (χ1) is 13.9. The second-order valence-electron chi connectivity index (χ2n) is 5.83. The zero-order valence-electron chi connectivity index (χ0n) is 14.8. The van der Waals surface area contributed by atoms with Gasteiger partial charge in [0.1, 0.15) is 5.02 Å². The van der Waals surface area contributed by atoms with E-state index in [2.05, 4.69) is 10.3 Å². The molecule has 0 radical (unpaired) electrons. The van der Waals surface area contributed by atoms with Crippen molar-refractivity contribution in [3.8, 4) is 11.1 Å². The Balaban J connectivity index is 1.70. The monoisotopic (exact) mass is 449 g/mol. The normalized spacial score (nSPS) is 10.4. The summed E-state index contributed by atoms with van der Waals surface area (Å²) in [7, 11) is 0. The number of halogens is 3.